The number of hydrogen-bond acceptors (Lipinski definition) is 5. The van der Waals surface area contributed by atoms with Gasteiger partial charge < -0.3 is 25.6 Å². The van der Waals surface area contributed by atoms with E-state index in [1.54, 1.807) is 0 Å². The van der Waals surface area contributed by atoms with Crippen LogP contribution in [0.15, 0.2) is 24.3 Å². The van der Waals surface area contributed by atoms with Gasteiger partial charge in [0.15, 0.2) is 0 Å². The van der Waals surface area contributed by atoms with Gasteiger partial charge in [0.05, 0.1) is 12.5 Å². The number of rotatable bonds is 6. The first-order valence-electron chi connectivity index (χ1n) is 8.12. The first-order valence-corrected chi connectivity index (χ1v) is 8.12. The molecule has 7 nitrogen and oxygen atoms in total. The Morgan fingerprint density at radius 2 is 1.92 bits per heavy atom. The van der Waals surface area contributed by atoms with Crippen molar-refractivity contribution in [1.82, 2.24) is 10.6 Å². The largest absolute Gasteiger partial charge is 0.388 e. The molecule has 0 aromatic heterocycles. The van der Waals surface area contributed by atoms with E-state index in [2.05, 4.69) is 10.6 Å². The number of aliphatic hydroxyl groups excluding tert-OH is 2. The maximum atomic E-state index is 13.1. The molecular weight excluding hydrogens is 331 g/mol. The molecule has 0 bridgehead atoms. The van der Waals surface area contributed by atoms with E-state index in [-0.39, 0.29) is 30.5 Å². The highest BCUT2D eigenvalue weighted by atomic mass is 19.1. The normalized spacial score (nSPS) is 25.8. The molecule has 138 valence electrons. The SMILES string of the molecule is CC(C)NC(=O)C[C@@H]1O[C@H](CNC(=O)c2cccc(F)c2)[C@@H](O)[C@H]1O. The fourth-order valence-electron chi connectivity index (χ4n) is 2.65. The molecule has 1 aliphatic rings. The van der Waals surface area contributed by atoms with Gasteiger partial charge in [-0.15, -0.1) is 0 Å². The summed E-state index contributed by atoms with van der Waals surface area (Å²) in [7, 11) is 0. The van der Waals surface area contributed by atoms with Crippen molar-refractivity contribution in [1.29, 1.82) is 0 Å². The maximum absolute atomic E-state index is 13.1. The fraction of sp³-hybridized carbons (Fsp3) is 0.529. The van der Waals surface area contributed by atoms with E-state index in [1.165, 1.54) is 18.2 Å². The third-order valence-electron chi connectivity index (χ3n) is 3.85. The zero-order valence-corrected chi connectivity index (χ0v) is 14.1. The lowest BCUT2D eigenvalue weighted by atomic mass is 10.1. The Morgan fingerprint density at radius 1 is 1.24 bits per heavy atom. The van der Waals surface area contributed by atoms with Gasteiger partial charge in [-0.25, -0.2) is 4.39 Å². The van der Waals surface area contributed by atoms with Gasteiger partial charge in [-0.1, -0.05) is 6.07 Å². The van der Waals surface area contributed by atoms with Crippen LogP contribution < -0.4 is 10.6 Å². The number of amides is 2. The highest BCUT2D eigenvalue weighted by molar-refractivity contribution is 5.94. The highest BCUT2D eigenvalue weighted by Gasteiger charge is 2.43. The Bertz CT molecular complexity index is 625. The summed E-state index contributed by atoms with van der Waals surface area (Å²) in [5.41, 5.74) is 0.140. The molecule has 1 saturated heterocycles. The number of carbonyl (C=O) groups excluding carboxylic acids is 2. The molecule has 2 amide bonds. The zero-order valence-electron chi connectivity index (χ0n) is 14.1. The summed E-state index contributed by atoms with van der Waals surface area (Å²) in [4.78, 5) is 23.7. The van der Waals surface area contributed by atoms with Crippen molar-refractivity contribution in [3.8, 4) is 0 Å². The van der Waals surface area contributed by atoms with Crippen LogP contribution in [0.1, 0.15) is 30.6 Å². The predicted molar refractivity (Wildman–Crippen MR) is 87.3 cm³/mol. The number of ether oxygens (including phenoxy) is 1. The smallest absolute Gasteiger partial charge is 0.251 e. The quantitative estimate of drug-likeness (QED) is 0.573. The first kappa shape index (κ1) is 19.3. The number of hydrogen-bond donors (Lipinski definition) is 4. The van der Waals surface area contributed by atoms with E-state index in [4.69, 9.17) is 4.74 Å². The Balaban J connectivity index is 1.88. The second-order valence-corrected chi connectivity index (χ2v) is 6.34. The molecule has 0 radical (unpaired) electrons. The molecule has 1 heterocycles. The highest BCUT2D eigenvalue weighted by Crippen LogP contribution is 2.23. The molecule has 2 rings (SSSR count). The van der Waals surface area contributed by atoms with Crippen LogP contribution in [0.3, 0.4) is 0 Å². The van der Waals surface area contributed by atoms with E-state index < -0.39 is 36.1 Å². The van der Waals surface area contributed by atoms with Crippen LogP contribution in [-0.2, 0) is 9.53 Å². The summed E-state index contributed by atoms with van der Waals surface area (Å²) in [5.74, 6) is -1.35. The lowest BCUT2D eigenvalue weighted by Crippen LogP contribution is -2.40. The standard InChI is InChI=1S/C17H23FN2O5/c1-9(2)20-14(21)7-12-15(22)16(23)13(25-12)8-19-17(24)10-4-3-5-11(18)6-10/h3-6,9,12-13,15-16,22-23H,7-8H2,1-2H3,(H,19,24)(H,20,21)/t12-,13+,15-,16+/m0/s1. The second kappa shape index (κ2) is 8.37. The molecule has 1 aromatic rings. The van der Waals surface area contributed by atoms with Crippen LogP contribution in [0.5, 0.6) is 0 Å². The molecule has 8 heteroatoms. The minimum atomic E-state index is -1.23. The van der Waals surface area contributed by atoms with Crippen LogP contribution in [0.4, 0.5) is 4.39 Å². The van der Waals surface area contributed by atoms with E-state index in [0.717, 1.165) is 6.07 Å². The van der Waals surface area contributed by atoms with Gasteiger partial charge in [0.1, 0.15) is 24.1 Å². The van der Waals surface area contributed by atoms with Crippen molar-refractivity contribution in [2.45, 2.75) is 50.7 Å². The third kappa shape index (κ3) is 5.22. The van der Waals surface area contributed by atoms with Crippen molar-refractivity contribution in [2.24, 2.45) is 0 Å². The monoisotopic (exact) mass is 354 g/mol. The summed E-state index contributed by atoms with van der Waals surface area (Å²) >= 11 is 0. The van der Waals surface area contributed by atoms with E-state index in [1.807, 2.05) is 13.8 Å². The summed E-state index contributed by atoms with van der Waals surface area (Å²) in [6.45, 7) is 3.54. The molecule has 0 aliphatic carbocycles. The molecule has 0 saturated carbocycles. The second-order valence-electron chi connectivity index (χ2n) is 6.34. The minimum Gasteiger partial charge on any atom is -0.388 e. The lowest BCUT2D eigenvalue weighted by Gasteiger charge is -2.16. The predicted octanol–water partition coefficient (Wildman–Crippen LogP) is -0.0406. The van der Waals surface area contributed by atoms with Gasteiger partial charge in [0, 0.05) is 18.2 Å². The number of nitrogens with one attached hydrogen (secondary N) is 2. The first-order chi connectivity index (χ1) is 11.8. The summed E-state index contributed by atoms with van der Waals surface area (Å²) in [5, 5.41) is 25.2. The number of carbonyl (C=O) groups is 2. The molecule has 4 atom stereocenters. The van der Waals surface area contributed by atoms with Gasteiger partial charge in [-0.3, -0.25) is 9.59 Å². The Kier molecular flexibility index (Phi) is 6.46. The topological polar surface area (TPSA) is 108 Å². The van der Waals surface area contributed by atoms with E-state index in [0.29, 0.717) is 0 Å². The van der Waals surface area contributed by atoms with Gasteiger partial charge in [-0.05, 0) is 32.0 Å². The molecule has 1 aromatic carbocycles. The summed E-state index contributed by atoms with van der Waals surface area (Å²) < 4.78 is 18.6. The van der Waals surface area contributed by atoms with Crippen LogP contribution in [0.2, 0.25) is 0 Å². The number of halogens is 1. The molecular formula is C17H23FN2O5. The van der Waals surface area contributed by atoms with Gasteiger partial charge in [0.25, 0.3) is 5.91 Å². The van der Waals surface area contributed by atoms with E-state index in [9.17, 15) is 24.2 Å². The molecule has 1 aliphatic heterocycles. The molecule has 0 spiro atoms. The van der Waals surface area contributed by atoms with Crippen molar-refractivity contribution >= 4 is 11.8 Å². The molecule has 0 unspecified atom stereocenters. The minimum absolute atomic E-state index is 0.0441. The van der Waals surface area contributed by atoms with Crippen molar-refractivity contribution < 1.29 is 28.9 Å². The van der Waals surface area contributed by atoms with Gasteiger partial charge in [-0.2, -0.15) is 0 Å². The Hall–Kier alpha value is -2.03. The molecule has 25 heavy (non-hydrogen) atoms. The number of aliphatic hydroxyl groups is 2. The van der Waals surface area contributed by atoms with Crippen LogP contribution in [-0.4, -0.2) is 59.0 Å². The van der Waals surface area contributed by atoms with Crippen molar-refractivity contribution in [3.05, 3.63) is 35.6 Å². The average Bonchev–Trinajstić information content (AvgIpc) is 2.79. The summed E-state index contributed by atoms with van der Waals surface area (Å²) in [6.07, 6.45) is -4.27. The summed E-state index contributed by atoms with van der Waals surface area (Å²) in [6, 6.07) is 5.15. The zero-order chi connectivity index (χ0) is 18.6. The van der Waals surface area contributed by atoms with Crippen LogP contribution in [0, 0.1) is 5.82 Å². The van der Waals surface area contributed by atoms with E-state index >= 15 is 0 Å². The fourth-order valence-corrected chi connectivity index (χ4v) is 2.65. The van der Waals surface area contributed by atoms with Crippen LogP contribution >= 0.6 is 0 Å². The third-order valence-corrected chi connectivity index (χ3v) is 3.85. The lowest BCUT2D eigenvalue weighted by molar-refractivity contribution is -0.125. The Morgan fingerprint density at radius 3 is 2.56 bits per heavy atom. The van der Waals surface area contributed by atoms with Gasteiger partial charge >= 0.3 is 0 Å². The number of benzene rings is 1. The van der Waals surface area contributed by atoms with Crippen molar-refractivity contribution in [3.63, 3.8) is 0 Å². The van der Waals surface area contributed by atoms with Crippen molar-refractivity contribution in [2.75, 3.05) is 6.54 Å². The average molecular weight is 354 g/mol. The Labute approximate surface area is 145 Å². The maximum Gasteiger partial charge on any atom is 0.251 e. The molecule has 1 fully saturated rings. The van der Waals surface area contributed by atoms with Gasteiger partial charge in [0.2, 0.25) is 5.91 Å². The van der Waals surface area contributed by atoms with Crippen LogP contribution in [0.25, 0.3) is 0 Å². The molecule has 4 N–H and O–H groups in total.